The molecule has 0 unspecified atom stereocenters. The fourth-order valence-corrected chi connectivity index (χ4v) is 4.60. The van der Waals surface area contributed by atoms with Gasteiger partial charge in [0.25, 0.3) is 5.91 Å². The van der Waals surface area contributed by atoms with Gasteiger partial charge in [-0.3, -0.25) is 9.78 Å². The number of carbonyl (C=O) groups is 1. The topological polar surface area (TPSA) is 115 Å². The van der Waals surface area contributed by atoms with Gasteiger partial charge in [0.2, 0.25) is 5.95 Å². The lowest BCUT2D eigenvalue weighted by Gasteiger charge is -2.28. The number of anilines is 2. The highest BCUT2D eigenvalue weighted by Crippen LogP contribution is 2.30. The van der Waals surface area contributed by atoms with E-state index in [4.69, 9.17) is 0 Å². The van der Waals surface area contributed by atoms with Crippen molar-refractivity contribution in [2.75, 3.05) is 16.8 Å². The van der Waals surface area contributed by atoms with Crippen LogP contribution in [-0.4, -0.2) is 47.2 Å². The summed E-state index contributed by atoms with van der Waals surface area (Å²) in [4.78, 5) is 32.8. The van der Waals surface area contributed by atoms with Crippen LogP contribution in [0.15, 0.2) is 48.9 Å². The lowest BCUT2D eigenvalue weighted by molar-refractivity contribution is 0.102. The van der Waals surface area contributed by atoms with E-state index in [0.717, 1.165) is 48.6 Å². The molecule has 10 heteroatoms. The van der Waals surface area contributed by atoms with Gasteiger partial charge in [-0.15, -0.1) is 10.2 Å². The fourth-order valence-electron chi connectivity index (χ4n) is 4.60. The van der Waals surface area contributed by atoms with Gasteiger partial charge in [-0.2, -0.15) is 0 Å². The van der Waals surface area contributed by atoms with E-state index in [9.17, 15) is 4.79 Å². The van der Waals surface area contributed by atoms with E-state index in [1.807, 2.05) is 18.2 Å². The van der Waals surface area contributed by atoms with Gasteiger partial charge in [-0.25, -0.2) is 15.0 Å². The van der Waals surface area contributed by atoms with Gasteiger partial charge in [0.15, 0.2) is 5.82 Å². The molecule has 0 saturated heterocycles. The smallest absolute Gasteiger partial charge is 0.275 e. The van der Waals surface area contributed by atoms with Crippen molar-refractivity contribution in [2.24, 2.45) is 0 Å². The molecular formula is C24H23N9O. The maximum Gasteiger partial charge on any atom is 0.275 e. The Morgan fingerprint density at radius 3 is 2.82 bits per heavy atom. The molecule has 0 fully saturated rings. The monoisotopic (exact) mass is 453 g/mol. The number of aromatic nitrogens is 7. The predicted molar refractivity (Wildman–Crippen MR) is 125 cm³/mol. The Kier molecular flexibility index (Phi) is 4.97. The zero-order chi connectivity index (χ0) is 23.1. The first-order valence-electron chi connectivity index (χ1n) is 11.4. The number of hydrogen-bond donors (Lipinski definition) is 1. The van der Waals surface area contributed by atoms with Gasteiger partial charge in [0.05, 0.1) is 0 Å². The summed E-state index contributed by atoms with van der Waals surface area (Å²) in [5.41, 5.74) is 3.22. The SMILES string of the molecule is C[C@@H]1CCc2nnc(-c3cccc(NC(=O)c4cc5c(cn4)CCN(c4ncccn4)C5)n3)n21. The Morgan fingerprint density at radius 2 is 1.94 bits per heavy atom. The minimum Gasteiger partial charge on any atom is -0.336 e. The van der Waals surface area contributed by atoms with Crippen molar-refractivity contribution in [3.63, 3.8) is 0 Å². The molecule has 0 aliphatic carbocycles. The molecule has 4 aromatic heterocycles. The van der Waals surface area contributed by atoms with Crippen LogP contribution in [0.1, 0.15) is 46.8 Å². The maximum atomic E-state index is 13.0. The van der Waals surface area contributed by atoms with Crippen LogP contribution >= 0.6 is 0 Å². The molecule has 0 bridgehead atoms. The van der Waals surface area contributed by atoms with Crippen LogP contribution < -0.4 is 10.2 Å². The predicted octanol–water partition coefficient (Wildman–Crippen LogP) is 2.85. The van der Waals surface area contributed by atoms with E-state index >= 15 is 0 Å². The van der Waals surface area contributed by atoms with E-state index in [0.29, 0.717) is 35.7 Å². The number of fused-ring (bicyclic) bond motifs is 2. The summed E-state index contributed by atoms with van der Waals surface area (Å²) in [7, 11) is 0. The molecular weight excluding hydrogens is 430 g/mol. The summed E-state index contributed by atoms with van der Waals surface area (Å²) < 4.78 is 2.13. The summed E-state index contributed by atoms with van der Waals surface area (Å²) in [5, 5.41) is 11.5. The van der Waals surface area contributed by atoms with Crippen molar-refractivity contribution < 1.29 is 4.79 Å². The number of pyridine rings is 2. The molecule has 1 amide bonds. The Bertz CT molecular complexity index is 1370. The van der Waals surface area contributed by atoms with E-state index in [1.165, 1.54) is 0 Å². The third kappa shape index (κ3) is 3.66. The summed E-state index contributed by atoms with van der Waals surface area (Å²) in [5.74, 6) is 2.54. The second-order valence-electron chi connectivity index (χ2n) is 8.62. The quantitative estimate of drug-likeness (QED) is 0.502. The molecule has 6 heterocycles. The van der Waals surface area contributed by atoms with Crippen LogP contribution in [0.4, 0.5) is 11.8 Å². The zero-order valence-electron chi connectivity index (χ0n) is 18.7. The number of rotatable bonds is 4. The number of amides is 1. The third-order valence-corrected chi connectivity index (χ3v) is 6.38. The number of nitrogens with one attached hydrogen (secondary N) is 1. The van der Waals surface area contributed by atoms with Crippen molar-refractivity contribution in [2.45, 2.75) is 38.8 Å². The highest BCUT2D eigenvalue weighted by Gasteiger charge is 2.25. The minimum absolute atomic E-state index is 0.305. The normalized spacial score (nSPS) is 16.7. The minimum atomic E-state index is -0.305. The number of nitrogens with zero attached hydrogens (tertiary/aromatic N) is 8. The first-order valence-corrected chi connectivity index (χ1v) is 11.4. The van der Waals surface area contributed by atoms with Crippen LogP contribution in [0.5, 0.6) is 0 Å². The first-order chi connectivity index (χ1) is 16.7. The molecule has 2 aliphatic heterocycles. The van der Waals surface area contributed by atoms with Crippen molar-refractivity contribution in [1.82, 2.24) is 34.7 Å². The lowest BCUT2D eigenvalue weighted by atomic mass is 10.0. The molecule has 2 aliphatic rings. The Morgan fingerprint density at radius 1 is 1.06 bits per heavy atom. The van der Waals surface area contributed by atoms with Crippen molar-refractivity contribution in [3.8, 4) is 11.5 Å². The molecule has 0 radical (unpaired) electrons. The van der Waals surface area contributed by atoms with Gasteiger partial charge in [-0.1, -0.05) is 6.07 Å². The van der Waals surface area contributed by atoms with E-state index in [1.54, 1.807) is 30.7 Å². The molecule has 170 valence electrons. The molecule has 1 atom stereocenters. The van der Waals surface area contributed by atoms with E-state index in [2.05, 4.69) is 51.8 Å². The highest BCUT2D eigenvalue weighted by molar-refractivity contribution is 6.02. The maximum absolute atomic E-state index is 13.0. The van der Waals surface area contributed by atoms with Crippen LogP contribution in [0.2, 0.25) is 0 Å². The summed E-state index contributed by atoms with van der Waals surface area (Å²) >= 11 is 0. The Labute approximate surface area is 196 Å². The fraction of sp³-hybridized carbons (Fsp3) is 0.292. The number of carbonyl (C=O) groups excluding carboxylic acids is 1. The van der Waals surface area contributed by atoms with Gasteiger partial charge in [0.1, 0.15) is 23.0 Å². The summed E-state index contributed by atoms with van der Waals surface area (Å²) in [6.07, 6.45) is 8.05. The van der Waals surface area contributed by atoms with Crippen molar-refractivity contribution in [3.05, 3.63) is 71.6 Å². The largest absolute Gasteiger partial charge is 0.336 e. The van der Waals surface area contributed by atoms with E-state index < -0.39 is 0 Å². The first kappa shape index (κ1) is 20.4. The second-order valence-corrected chi connectivity index (χ2v) is 8.62. The standard InChI is InChI=1S/C24H23N9O/c1-15-6-7-21-30-31-22(33(15)21)18-4-2-5-20(28-18)29-23(34)19-12-17-14-32(11-8-16(17)13-27-19)24-25-9-3-10-26-24/h2-5,9-10,12-13,15H,6-8,11,14H2,1H3,(H,28,29,34)/t15-/m1/s1. The lowest BCUT2D eigenvalue weighted by Crippen LogP contribution is -2.32. The average molecular weight is 454 g/mol. The van der Waals surface area contributed by atoms with Crippen LogP contribution in [0.25, 0.3) is 11.5 Å². The Hall–Kier alpha value is -4.21. The van der Waals surface area contributed by atoms with E-state index in [-0.39, 0.29) is 5.91 Å². The highest BCUT2D eigenvalue weighted by atomic mass is 16.1. The van der Waals surface area contributed by atoms with Crippen LogP contribution in [0, 0.1) is 0 Å². The number of hydrogen-bond acceptors (Lipinski definition) is 8. The molecule has 1 N–H and O–H groups in total. The Balaban J connectivity index is 1.22. The van der Waals surface area contributed by atoms with Gasteiger partial charge in [-0.05, 0) is 55.2 Å². The van der Waals surface area contributed by atoms with Gasteiger partial charge >= 0.3 is 0 Å². The molecule has 6 rings (SSSR count). The molecule has 4 aromatic rings. The zero-order valence-corrected chi connectivity index (χ0v) is 18.7. The van der Waals surface area contributed by atoms with Gasteiger partial charge < -0.3 is 14.8 Å². The molecule has 10 nitrogen and oxygen atoms in total. The van der Waals surface area contributed by atoms with Gasteiger partial charge in [0, 0.05) is 44.1 Å². The summed E-state index contributed by atoms with van der Waals surface area (Å²) in [6, 6.07) is 9.48. The average Bonchev–Trinajstić information content (AvgIpc) is 3.47. The molecule has 0 spiro atoms. The van der Waals surface area contributed by atoms with Crippen molar-refractivity contribution >= 4 is 17.7 Å². The van der Waals surface area contributed by atoms with Crippen LogP contribution in [0.3, 0.4) is 0 Å². The molecule has 0 saturated carbocycles. The van der Waals surface area contributed by atoms with Crippen LogP contribution in [-0.2, 0) is 19.4 Å². The summed E-state index contributed by atoms with van der Waals surface area (Å²) in [6.45, 7) is 3.60. The molecule has 0 aromatic carbocycles. The number of aryl methyl sites for hydroxylation is 1. The second kappa shape index (κ2) is 8.29. The van der Waals surface area contributed by atoms with Crippen molar-refractivity contribution in [1.29, 1.82) is 0 Å². The molecule has 34 heavy (non-hydrogen) atoms. The third-order valence-electron chi connectivity index (χ3n) is 6.38.